The third kappa shape index (κ3) is 2.80. The Balaban J connectivity index is 1.62. The summed E-state index contributed by atoms with van der Waals surface area (Å²) in [5.41, 5.74) is 1.67. The smallest absolute Gasteiger partial charge is 0.264 e. The zero-order valence-corrected chi connectivity index (χ0v) is 17.3. The molecule has 10 nitrogen and oxygen atoms in total. The van der Waals surface area contributed by atoms with E-state index >= 15 is 0 Å². The first-order valence-electron chi connectivity index (χ1n) is 9.82. The van der Waals surface area contributed by atoms with Crippen molar-refractivity contribution in [1.29, 1.82) is 0 Å². The maximum atomic E-state index is 13.6. The number of H-pyrrole nitrogens is 1. The third-order valence-electron chi connectivity index (χ3n) is 5.55. The van der Waals surface area contributed by atoms with Crippen molar-refractivity contribution in [1.82, 2.24) is 14.9 Å². The van der Waals surface area contributed by atoms with E-state index in [4.69, 9.17) is 9.47 Å². The van der Waals surface area contributed by atoms with Crippen LogP contribution in [0.15, 0.2) is 48.8 Å². The number of imidazole rings is 1. The number of hydrogen-bond acceptors (Lipinski definition) is 6. The van der Waals surface area contributed by atoms with Crippen LogP contribution in [0.25, 0.3) is 0 Å². The Morgan fingerprint density at radius 2 is 1.94 bits per heavy atom. The van der Waals surface area contributed by atoms with Gasteiger partial charge in [-0.25, -0.2) is 4.98 Å². The molecule has 0 aliphatic carbocycles. The SMILES string of the molecule is COc1ccc2c(c1OC)C(=O)N1c3ccccc3C(=O)N(CC(=O)Nc3ncc[nH]3)C21. The van der Waals surface area contributed by atoms with Gasteiger partial charge in [-0.2, -0.15) is 0 Å². The molecule has 2 aromatic carbocycles. The molecule has 0 radical (unpaired) electrons. The molecule has 3 heterocycles. The number of nitrogens with zero attached hydrogens (tertiary/aromatic N) is 3. The number of carbonyl (C=O) groups is 3. The van der Waals surface area contributed by atoms with Crippen molar-refractivity contribution < 1.29 is 23.9 Å². The van der Waals surface area contributed by atoms with Crippen LogP contribution in [0.5, 0.6) is 11.5 Å². The maximum absolute atomic E-state index is 13.6. The van der Waals surface area contributed by atoms with E-state index in [2.05, 4.69) is 15.3 Å². The molecule has 1 aromatic heterocycles. The molecule has 3 aromatic rings. The van der Waals surface area contributed by atoms with Gasteiger partial charge in [0, 0.05) is 18.0 Å². The number of hydrogen-bond donors (Lipinski definition) is 2. The van der Waals surface area contributed by atoms with Gasteiger partial charge in [0.1, 0.15) is 12.7 Å². The summed E-state index contributed by atoms with van der Waals surface area (Å²) in [7, 11) is 2.94. The number of amides is 3. The molecule has 0 spiro atoms. The molecule has 10 heteroatoms. The summed E-state index contributed by atoms with van der Waals surface area (Å²) in [5, 5.41) is 2.62. The lowest BCUT2D eigenvalue weighted by atomic mass is 10.0. The average Bonchev–Trinajstić information content (AvgIpc) is 3.42. The molecular weight excluding hydrogens is 414 g/mol. The summed E-state index contributed by atoms with van der Waals surface area (Å²) in [5.74, 6) is -0.181. The largest absolute Gasteiger partial charge is 0.493 e. The monoisotopic (exact) mass is 433 g/mol. The van der Waals surface area contributed by atoms with Crippen molar-refractivity contribution in [3.8, 4) is 11.5 Å². The van der Waals surface area contributed by atoms with Crippen LogP contribution in [0.4, 0.5) is 11.6 Å². The summed E-state index contributed by atoms with van der Waals surface area (Å²) in [6, 6.07) is 10.2. The van der Waals surface area contributed by atoms with Crippen molar-refractivity contribution in [3.63, 3.8) is 0 Å². The highest BCUT2D eigenvalue weighted by Gasteiger charge is 2.50. The van der Waals surface area contributed by atoms with Gasteiger partial charge < -0.3 is 19.4 Å². The summed E-state index contributed by atoms with van der Waals surface area (Å²) in [6.07, 6.45) is 2.28. The van der Waals surface area contributed by atoms with E-state index in [1.807, 2.05) is 0 Å². The van der Waals surface area contributed by atoms with E-state index < -0.39 is 12.1 Å². The number of carbonyl (C=O) groups excluding carboxylic acids is 3. The fourth-order valence-corrected chi connectivity index (χ4v) is 4.25. The van der Waals surface area contributed by atoms with Crippen LogP contribution in [-0.2, 0) is 4.79 Å². The Morgan fingerprint density at radius 3 is 2.66 bits per heavy atom. The van der Waals surface area contributed by atoms with Crippen LogP contribution in [0.1, 0.15) is 32.4 Å². The van der Waals surface area contributed by atoms with Crippen LogP contribution in [0.3, 0.4) is 0 Å². The molecule has 0 bridgehead atoms. The van der Waals surface area contributed by atoms with Gasteiger partial charge in [0.2, 0.25) is 11.9 Å². The molecule has 1 unspecified atom stereocenters. The number of nitrogens with one attached hydrogen (secondary N) is 2. The first kappa shape index (κ1) is 19.6. The molecule has 5 rings (SSSR count). The lowest BCUT2D eigenvalue weighted by molar-refractivity contribution is -0.117. The van der Waals surface area contributed by atoms with Crippen LogP contribution in [0, 0.1) is 0 Å². The van der Waals surface area contributed by atoms with Gasteiger partial charge in [-0.1, -0.05) is 18.2 Å². The second-order valence-corrected chi connectivity index (χ2v) is 7.25. The third-order valence-corrected chi connectivity index (χ3v) is 5.55. The molecule has 1 atom stereocenters. The Bertz CT molecular complexity index is 1240. The van der Waals surface area contributed by atoms with E-state index in [1.54, 1.807) is 42.6 Å². The molecule has 0 saturated carbocycles. The van der Waals surface area contributed by atoms with Gasteiger partial charge >= 0.3 is 0 Å². The highest BCUT2D eigenvalue weighted by Crippen LogP contribution is 2.49. The fraction of sp³-hybridized carbons (Fsp3) is 0.182. The predicted molar refractivity (Wildman–Crippen MR) is 114 cm³/mol. The van der Waals surface area contributed by atoms with E-state index in [-0.39, 0.29) is 30.1 Å². The predicted octanol–water partition coefficient (Wildman–Crippen LogP) is 2.18. The van der Waals surface area contributed by atoms with Crippen molar-refractivity contribution in [2.45, 2.75) is 6.17 Å². The van der Waals surface area contributed by atoms with E-state index in [0.29, 0.717) is 28.1 Å². The van der Waals surface area contributed by atoms with E-state index in [1.165, 1.54) is 30.2 Å². The van der Waals surface area contributed by atoms with Crippen LogP contribution in [0.2, 0.25) is 0 Å². The van der Waals surface area contributed by atoms with Gasteiger partial charge in [0.05, 0.1) is 31.0 Å². The number of methoxy groups -OCH3 is 2. The Hall–Kier alpha value is -4.34. The number of aromatic amines is 1. The average molecular weight is 433 g/mol. The van der Waals surface area contributed by atoms with Crippen LogP contribution >= 0.6 is 0 Å². The van der Waals surface area contributed by atoms with Gasteiger partial charge in [-0.15, -0.1) is 0 Å². The maximum Gasteiger partial charge on any atom is 0.264 e. The number of anilines is 2. The number of ether oxygens (including phenoxy) is 2. The Kier molecular flexibility index (Phi) is 4.54. The number of benzene rings is 2. The molecule has 162 valence electrons. The molecule has 0 fully saturated rings. The van der Waals surface area contributed by atoms with Crippen molar-refractivity contribution in [2.24, 2.45) is 0 Å². The summed E-state index contributed by atoms with van der Waals surface area (Å²) in [4.78, 5) is 49.4. The van der Waals surface area contributed by atoms with Gasteiger partial charge in [0.25, 0.3) is 11.8 Å². The highest BCUT2D eigenvalue weighted by atomic mass is 16.5. The molecule has 2 N–H and O–H groups in total. The van der Waals surface area contributed by atoms with Crippen molar-refractivity contribution in [2.75, 3.05) is 31.0 Å². The van der Waals surface area contributed by atoms with Gasteiger partial charge in [0.15, 0.2) is 11.5 Å². The quantitative estimate of drug-likeness (QED) is 0.637. The summed E-state index contributed by atoms with van der Waals surface area (Å²) >= 11 is 0. The number of rotatable bonds is 5. The lowest BCUT2D eigenvalue weighted by Crippen LogP contribution is -2.50. The van der Waals surface area contributed by atoms with E-state index in [0.717, 1.165) is 0 Å². The minimum Gasteiger partial charge on any atom is -0.493 e. The molecule has 2 aliphatic rings. The second-order valence-electron chi connectivity index (χ2n) is 7.25. The second kappa shape index (κ2) is 7.41. The minimum absolute atomic E-state index is 0.269. The van der Waals surface area contributed by atoms with Gasteiger partial charge in [-0.3, -0.25) is 24.6 Å². The van der Waals surface area contributed by atoms with Crippen molar-refractivity contribution in [3.05, 3.63) is 65.5 Å². The molecule has 3 amide bonds. The first-order valence-corrected chi connectivity index (χ1v) is 9.82. The minimum atomic E-state index is -0.804. The zero-order valence-electron chi connectivity index (χ0n) is 17.3. The number of aromatic nitrogens is 2. The van der Waals surface area contributed by atoms with Crippen LogP contribution in [-0.4, -0.2) is 53.4 Å². The van der Waals surface area contributed by atoms with E-state index in [9.17, 15) is 14.4 Å². The summed E-state index contributed by atoms with van der Waals surface area (Å²) < 4.78 is 10.8. The topological polar surface area (TPSA) is 117 Å². The zero-order chi connectivity index (χ0) is 22.4. The Labute approximate surface area is 182 Å². The number of para-hydroxylation sites is 1. The molecule has 2 aliphatic heterocycles. The highest BCUT2D eigenvalue weighted by molar-refractivity contribution is 6.18. The number of fused-ring (bicyclic) bond motifs is 5. The van der Waals surface area contributed by atoms with Crippen molar-refractivity contribution >= 4 is 29.4 Å². The molecule has 0 saturated heterocycles. The molecular formula is C22H19N5O5. The fourth-order valence-electron chi connectivity index (χ4n) is 4.25. The van der Waals surface area contributed by atoms with Crippen LogP contribution < -0.4 is 19.7 Å². The standard InChI is InChI=1S/C22H19N5O5/c1-31-15-8-7-13-17(18(15)32-2)21(30)27-14-6-4-3-5-12(14)20(29)26(19(13)27)11-16(28)25-22-23-9-10-24-22/h3-10,19H,11H2,1-2H3,(H2,23,24,25,28). The normalized spacial score (nSPS) is 16.4. The lowest BCUT2D eigenvalue weighted by Gasteiger charge is -2.40. The molecule has 32 heavy (non-hydrogen) atoms. The summed E-state index contributed by atoms with van der Waals surface area (Å²) in [6.45, 7) is -0.282. The van der Waals surface area contributed by atoms with Gasteiger partial charge in [-0.05, 0) is 18.2 Å². The Morgan fingerprint density at radius 1 is 1.12 bits per heavy atom. The first-order chi connectivity index (χ1) is 15.5.